The molecule has 0 bridgehead atoms. The molecule has 0 radical (unpaired) electrons. The van der Waals surface area contributed by atoms with E-state index in [2.05, 4.69) is 15.7 Å². The smallest absolute Gasteiger partial charge is 0.267 e. The average Bonchev–Trinajstić information content (AvgIpc) is 2.72. The zero-order chi connectivity index (χ0) is 19.1. The second-order valence-corrected chi connectivity index (χ2v) is 7.65. The van der Waals surface area contributed by atoms with Gasteiger partial charge in [0.05, 0.1) is 0 Å². The highest BCUT2D eigenvalue weighted by molar-refractivity contribution is 7.97. The van der Waals surface area contributed by atoms with Crippen molar-refractivity contribution >= 4 is 41.2 Å². The molecule has 1 amide bonds. The molecule has 3 rings (SSSR count). The number of carbonyl (C=O) groups is 1. The Hall–Kier alpha value is -1.99. The van der Waals surface area contributed by atoms with Crippen LogP contribution in [0, 0.1) is 0 Å². The van der Waals surface area contributed by atoms with Crippen molar-refractivity contribution < 1.29 is 10.0 Å². The van der Waals surface area contributed by atoms with Crippen molar-refractivity contribution in [2.45, 2.75) is 23.8 Å². The molecule has 1 heterocycles. The number of hydrogen-bond acceptors (Lipinski definition) is 5. The van der Waals surface area contributed by atoms with Crippen LogP contribution in [0.1, 0.15) is 18.4 Å². The molecule has 5 nitrogen and oxygen atoms in total. The number of nitrogens with one attached hydrogen (secondary N) is 2. The number of hydrogen-bond donors (Lipinski definition) is 3. The highest BCUT2D eigenvalue weighted by Gasteiger charge is 2.20. The molecule has 0 atom stereocenters. The van der Waals surface area contributed by atoms with Gasteiger partial charge < -0.3 is 4.90 Å². The van der Waals surface area contributed by atoms with Gasteiger partial charge in [0.15, 0.2) is 0 Å². The summed E-state index contributed by atoms with van der Waals surface area (Å²) in [5.41, 5.74) is 3.67. The number of benzene rings is 2. The Balaban J connectivity index is 1.55. The van der Waals surface area contributed by atoms with Crippen LogP contribution in [0.5, 0.6) is 0 Å². The van der Waals surface area contributed by atoms with Crippen molar-refractivity contribution in [3.05, 3.63) is 65.2 Å². The van der Waals surface area contributed by atoms with Gasteiger partial charge in [-0.15, -0.1) is 0 Å². The number of hydroxylamine groups is 1. The first-order valence-electron chi connectivity index (χ1n) is 8.80. The van der Waals surface area contributed by atoms with E-state index in [0.717, 1.165) is 47.1 Å². The molecule has 2 aromatic carbocycles. The topological polar surface area (TPSA) is 64.6 Å². The van der Waals surface area contributed by atoms with Gasteiger partial charge in [0.2, 0.25) is 0 Å². The first-order chi connectivity index (χ1) is 13.2. The minimum Gasteiger partial charge on any atom is -0.371 e. The van der Waals surface area contributed by atoms with Crippen LogP contribution >= 0.6 is 23.5 Å². The Kier molecular flexibility index (Phi) is 7.18. The Bertz CT molecular complexity index is 790. The summed E-state index contributed by atoms with van der Waals surface area (Å²) in [5, 5.41) is 9.38. The van der Waals surface area contributed by atoms with Crippen LogP contribution in [0.2, 0.25) is 5.02 Å². The summed E-state index contributed by atoms with van der Waals surface area (Å²) in [6.45, 7) is 1.88. The molecule has 0 saturated carbocycles. The van der Waals surface area contributed by atoms with Crippen molar-refractivity contribution in [3.63, 3.8) is 0 Å². The van der Waals surface area contributed by atoms with Crippen LogP contribution < -0.4 is 15.1 Å². The minimum atomic E-state index is -0.535. The second kappa shape index (κ2) is 9.80. The maximum Gasteiger partial charge on any atom is 0.267 e. The van der Waals surface area contributed by atoms with Gasteiger partial charge in [0.1, 0.15) is 0 Å². The summed E-state index contributed by atoms with van der Waals surface area (Å²) in [6, 6.07) is 16.2. The number of carbonyl (C=O) groups excluding carboxylic acids is 1. The molecule has 1 aliphatic rings. The van der Waals surface area contributed by atoms with E-state index in [0.29, 0.717) is 6.04 Å². The summed E-state index contributed by atoms with van der Waals surface area (Å²) in [6.07, 6.45) is 5.13. The quantitative estimate of drug-likeness (QED) is 0.293. The summed E-state index contributed by atoms with van der Waals surface area (Å²) in [5.74, 6) is -0.535. The van der Waals surface area contributed by atoms with Crippen LogP contribution in [0.3, 0.4) is 0 Å². The van der Waals surface area contributed by atoms with Crippen molar-refractivity contribution in [2.24, 2.45) is 0 Å². The molecular formula is C20H22ClN3O2S. The first kappa shape index (κ1) is 19.8. The number of para-hydroxylation sites is 1. The Morgan fingerprint density at radius 1 is 1.15 bits per heavy atom. The first-order valence-corrected chi connectivity index (χ1v) is 9.99. The summed E-state index contributed by atoms with van der Waals surface area (Å²) < 4.78 is 3.54. The lowest BCUT2D eigenvalue weighted by molar-refractivity contribution is -0.124. The van der Waals surface area contributed by atoms with E-state index in [9.17, 15) is 4.79 Å². The van der Waals surface area contributed by atoms with Gasteiger partial charge in [-0.3, -0.25) is 14.7 Å². The van der Waals surface area contributed by atoms with E-state index < -0.39 is 5.91 Å². The lowest BCUT2D eigenvalue weighted by Gasteiger charge is -2.34. The van der Waals surface area contributed by atoms with Crippen molar-refractivity contribution in [3.8, 4) is 0 Å². The van der Waals surface area contributed by atoms with E-state index in [1.165, 1.54) is 6.08 Å². The van der Waals surface area contributed by atoms with Crippen molar-refractivity contribution in [1.82, 2.24) is 10.2 Å². The molecule has 7 heteroatoms. The fraction of sp³-hybridized carbons (Fsp3) is 0.250. The number of halogens is 1. The zero-order valence-corrected chi connectivity index (χ0v) is 16.3. The molecular weight excluding hydrogens is 382 g/mol. The highest BCUT2D eigenvalue weighted by atomic mass is 35.5. The van der Waals surface area contributed by atoms with Gasteiger partial charge in [-0.2, -0.15) is 0 Å². The van der Waals surface area contributed by atoms with Gasteiger partial charge in [0.25, 0.3) is 5.91 Å². The summed E-state index contributed by atoms with van der Waals surface area (Å²) in [4.78, 5) is 14.7. The molecule has 0 aromatic heterocycles. The van der Waals surface area contributed by atoms with Gasteiger partial charge in [-0.05, 0) is 66.8 Å². The zero-order valence-electron chi connectivity index (χ0n) is 14.8. The standard InChI is InChI=1S/C20H22ClN3O2S/c21-16-6-8-18(9-7-16)27-23-17-11-13-24(14-12-17)19-4-2-1-3-15(19)5-10-20(25)22-26/h1-10,17,23,26H,11-14H2,(H,22,25)/b10-5+. The van der Waals surface area contributed by atoms with Gasteiger partial charge in [-0.25, -0.2) is 5.48 Å². The monoisotopic (exact) mass is 403 g/mol. The number of anilines is 1. The third-order valence-corrected chi connectivity index (χ3v) is 5.66. The minimum absolute atomic E-state index is 0.449. The lowest BCUT2D eigenvalue weighted by Crippen LogP contribution is -2.40. The molecule has 0 aliphatic carbocycles. The number of amides is 1. The predicted octanol–water partition coefficient (Wildman–Crippen LogP) is 4.12. The molecule has 27 heavy (non-hydrogen) atoms. The van der Waals surface area contributed by atoms with E-state index >= 15 is 0 Å². The Morgan fingerprint density at radius 2 is 1.85 bits per heavy atom. The molecule has 2 aromatic rings. The molecule has 0 spiro atoms. The van der Waals surface area contributed by atoms with E-state index in [1.807, 2.05) is 42.5 Å². The van der Waals surface area contributed by atoms with Crippen LogP contribution in [-0.2, 0) is 4.79 Å². The Morgan fingerprint density at radius 3 is 2.56 bits per heavy atom. The fourth-order valence-electron chi connectivity index (χ4n) is 3.01. The molecule has 1 fully saturated rings. The number of nitrogens with zero attached hydrogens (tertiary/aromatic N) is 1. The van der Waals surface area contributed by atoms with Crippen molar-refractivity contribution in [1.29, 1.82) is 0 Å². The number of piperidine rings is 1. The second-order valence-electron chi connectivity index (χ2n) is 6.30. The molecule has 1 saturated heterocycles. The predicted molar refractivity (Wildman–Crippen MR) is 111 cm³/mol. The van der Waals surface area contributed by atoms with Crippen molar-refractivity contribution in [2.75, 3.05) is 18.0 Å². The van der Waals surface area contributed by atoms with E-state index in [-0.39, 0.29) is 0 Å². The van der Waals surface area contributed by atoms with Gasteiger partial charge in [-0.1, -0.05) is 29.8 Å². The molecule has 142 valence electrons. The molecule has 3 N–H and O–H groups in total. The van der Waals surface area contributed by atoms with E-state index in [4.69, 9.17) is 16.8 Å². The normalized spacial score (nSPS) is 15.3. The van der Waals surface area contributed by atoms with Crippen LogP contribution in [0.25, 0.3) is 6.08 Å². The molecule has 0 unspecified atom stereocenters. The Labute approximate surface area is 168 Å². The average molecular weight is 404 g/mol. The lowest BCUT2D eigenvalue weighted by atomic mass is 10.0. The molecule has 1 aliphatic heterocycles. The van der Waals surface area contributed by atoms with Crippen LogP contribution in [0.4, 0.5) is 5.69 Å². The maximum atomic E-state index is 11.2. The number of rotatable bonds is 6. The van der Waals surface area contributed by atoms with Crippen LogP contribution in [0.15, 0.2) is 59.5 Å². The third-order valence-electron chi connectivity index (χ3n) is 4.45. The largest absolute Gasteiger partial charge is 0.371 e. The SMILES string of the molecule is O=C(/C=C/c1ccccc1N1CCC(NSc2ccc(Cl)cc2)CC1)NO. The summed E-state index contributed by atoms with van der Waals surface area (Å²) >= 11 is 7.56. The highest BCUT2D eigenvalue weighted by Crippen LogP contribution is 2.26. The van der Waals surface area contributed by atoms with Gasteiger partial charge in [0, 0.05) is 40.8 Å². The fourth-order valence-corrected chi connectivity index (χ4v) is 3.95. The third kappa shape index (κ3) is 5.74. The van der Waals surface area contributed by atoms with Crippen LogP contribution in [-0.4, -0.2) is 30.2 Å². The maximum absolute atomic E-state index is 11.2. The summed E-state index contributed by atoms with van der Waals surface area (Å²) in [7, 11) is 0. The van der Waals surface area contributed by atoms with E-state index in [1.54, 1.807) is 23.5 Å². The van der Waals surface area contributed by atoms with Gasteiger partial charge >= 0.3 is 0 Å².